The number of hydrogen-bond acceptors (Lipinski definition) is 2. The van der Waals surface area contributed by atoms with Crippen LogP contribution in [0.1, 0.15) is 13.8 Å². The molecule has 2 nitrogen and oxygen atoms in total. The molecular formula is C7H14N2. The molecule has 0 aromatic carbocycles. The van der Waals surface area contributed by atoms with Crippen LogP contribution in [0.5, 0.6) is 0 Å². The Morgan fingerprint density at radius 3 is 2.67 bits per heavy atom. The van der Waals surface area contributed by atoms with Gasteiger partial charge in [-0.1, -0.05) is 12.8 Å². The largest absolute Gasteiger partial charge is 0.345 e. The zero-order valence-corrected chi connectivity index (χ0v) is 6.12. The predicted molar refractivity (Wildman–Crippen MR) is 40.0 cm³/mol. The Morgan fingerprint density at radius 1 is 1.33 bits per heavy atom. The molecule has 0 aromatic rings. The molecule has 0 saturated carbocycles. The molecule has 0 atom stereocenters. The first-order valence-corrected chi connectivity index (χ1v) is 3.27. The summed E-state index contributed by atoms with van der Waals surface area (Å²) in [5.74, 6) is 2.76. The summed E-state index contributed by atoms with van der Waals surface area (Å²) in [6.45, 7) is 6.85. The maximum Gasteiger partial charge on any atom is 0.0354 e. The van der Waals surface area contributed by atoms with E-state index in [4.69, 9.17) is 0 Å². The predicted octanol–water partition coefficient (Wildman–Crippen LogP) is 0.166. The molecule has 2 N–H and O–H groups in total. The van der Waals surface area contributed by atoms with Crippen LogP contribution >= 0.6 is 0 Å². The van der Waals surface area contributed by atoms with Crippen molar-refractivity contribution in [2.75, 3.05) is 19.6 Å². The van der Waals surface area contributed by atoms with Crippen LogP contribution in [0.4, 0.5) is 0 Å². The zero-order valence-electron chi connectivity index (χ0n) is 6.12. The second-order valence-corrected chi connectivity index (χ2v) is 1.66. The van der Waals surface area contributed by atoms with Crippen molar-refractivity contribution < 1.29 is 0 Å². The number of likely N-dealkylation sites (N-methyl/N-ethyl adjacent to an activating group) is 1. The first-order chi connectivity index (χ1) is 4.41. The fourth-order valence-corrected chi connectivity index (χ4v) is 0.479. The average molecular weight is 126 g/mol. The summed E-state index contributed by atoms with van der Waals surface area (Å²) in [5, 5.41) is 6.12. The monoisotopic (exact) mass is 126 g/mol. The molecule has 0 aliphatic rings. The topological polar surface area (TPSA) is 24.1 Å². The summed E-state index contributed by atoms with van der Waals surface area (Å²) in [6, 6.07) is 2.77. The molecule has 0 aromatic heterocycles. The summed E-state index contributed by atoms with van der Waals surface area (Å²) in [4.78, 5) is 0. The maximum atomic E-state index is 3.18. The van der Waals surface area contributed by atoms with Gasteiger partial charge in [-0.15, -0.1) is 0 Å². The Morgan fingerprint density at radius 2 is 2.11 bits per heavy atom. The van der Waals surface area contributed by atoms with E-state index in [0.29, 0.717) is 0 Å². The molecule has 0 radical (unpaired) electrons. The van der Waals surface area contributed by atoms with Crippen molar-refractivity contribution in [3.8, 4) is 12.0 Å². The van der Waals surface area contributed by atoms with Gasteiger partial charge in [0.2, 0.25) is 0 Å². The lowest BCUT2D eigenvalue weighted by atomic mass is 10.6. The first-order valence-electron chi connectivity index (χ1n) is 3.27. The number of rotatable bonds is 4. The van der Waals surface area contributed by atoms with Crippen molar-refractivity contribution in [2.45, 2.75) is 13.8 Å². The summed E-state index contributed by atoms with van der Waals surface area (Å²) < 4.78 is 0. The third-order valence-electron chi connectivity index (χ3n) is 0.890. The Bertz CT molecular complexity index is 99.2. The Labute approximate surface area is 57.0 Å². The van der Waals surface area contributed by atoms with Crippen molar-refractivity contribution in [1.82, 2.24) is 10.6 Å². The molecule has 0 fully saturated rings. The van der Waals surface area contributed by atoms with Crippen LogP contribution in [0.2, 0.25) is 0 Å². The van der Waals surface area contributed by atoms with Crippen molar-refractivity contribution >= 4 is 0 Å². The van der Waals surface area contributed by atoms with Gasteiger partial charge >= 0.3 is 0 Å². The van der Waals surface area contributed by atoms with Gasteiger partial charge < -0.3 is 10.6 Å². The molecule has 0 amide bonds. The Balaban J connectivity index is 2.80. The summed E-state index contributed by atoms with van der Waals surface area (Å²) in [6.07, 6.45) is 0. The lowest BCUT2D eigenvalue weighted by Gasteiger charge is -1.97. The van der Waals surface area contributed by atoms with E-state index in [2.05, 4.69) is 29.5 Å². The lowest BCUT2D eigenvalue weighted by Crippen LogP contribution is -2.24. The Kier molecular flexibility index (Phi) is 6.77. The third-order valence-corrected chi connectivity index (χ3v) is 0.890. The molecule has 0 rings (SSSR count). The van der Waals surface area contributed by atoms with Gasteiger partial charge in [-0.25, -0.2) is 0 Å². The van der Waals surface area contributed by atoms with E-state index < -0.39 is 0 Å². The van der Waals surface area contributed by atoms with Gasteiger partial charge in [0.15, 0.2) is 0 Å². The van der Waals surface area contributed by atoms with Gasteiger partial charge in [0.1, 0.15) is 0 Å². The minimum absolute atomic E-state index is 0.925. The quantitative estimate of drug-likeness (QED) is 0.319. The average Bonchev–Trinajstić information content (AvgIpc) is 1.89. The number of hydrogen-bond donors (Lipinski definition) is 2. The van der Waals surface area contributed by atoms with Crippen LogP contribution in [0, 0.1) is 12.0 Å². The summed E-state index contributed by atoms with van der Waals surface area (Å²) in [7, 11) is 0. The van der Waals surface area contributed by atoms with Gasteiger partial charge in [-0.3, -0.25) is 0 Å². The third kappa shape index (κ3) is 7.32. The number of nitrogens with one attached hydrogen (secondary N) is 2. The normalized spacial score (nSPS) is 7.78. The SMILES string of the molecule is CC#CNCCNCC. The van der Waals surface area contributed by atoms with E-state index in [1.54, 1.807) is 0 Å². The molecule has 2 heteroatoms. The van der Waals surface area contributed by atoms with Crippen LogP contribution in [0.15, 0.2) is 0 Å². The van der Waals surface area contributed by atoms with Gasteiger partial charge in [-0.2, -0.15) is 0 Å². The standard InChI is InChI=1S/C7H14N2/c1-3-5-9-7-6-8-4-2/h8-9H,4,6-7H2,1-2H3. The summed E-state index contributed by atoms with van der Waals surface area (Å²) >= 11 is 0. The minimum atomic E-state index is 0.925. The smallest absolute Gasteiger partial charge is 0.0354 e. The molecule has 0 aliphatic heterocycles. The summed E-state index contributed by atoms with van der Waals surface area (Å²) in [5.41, 5.74) is 0. The minimum Gasteiger partial charge on any atom is -0.345 e. The van der Waals surface area contributed by atoms with E-state index in [1.165, 1.54) is 0 Å². The molecular weight excluding hydrogens is 112 g/mol. The van der Waals surface area contributed by atoms with E-state index in [1.807, 2.05) is 6.92 Å². The molecule has 0 unspecified atom stereocenters. The first kappa shape index (κ1) is 8.32. The Hall–Kier alpha value is -0.680. The van der Waals surface area contributed by atoms with Crippen molar-refractivity contribution in [2.24, 2.45) is 0 Å². The highest BCUT2D eigenvalue weighted by molar-refractivity contribution is 4.91. The lowest BCUT2D eigenvalue weighted by molar-refractivity contribution is 0.693. The van der Waals surface area contributed by atoms with Gasteiger partial charge in [0.25, 0.3) is 0 Å². The fourth-order valence-electron chi connectivity index (χ4n) is 0.479. The molecule has 52 valence electrons. The van der Waals surface area contributed by atoms with Crippen molar-refractivity contribution in [1.29, 1.82) is 0 Å². The van der Waals surface area contributed by atoms with Crippen molar-refractivity contribution in [3.63, 3.8) is 0 Å². The highest BCUT2D eigenvalue weighted by Gasteiger charge is 1.77. The van der Waals surface area contributed by atoms with E-state index >= 15 is 0 Å². The van der Waals surface area contributed by atoms with Crippen LogP contribution in [-0.2, 0) is 0 Å². The van der Waals surface area contributed by atoms with Gasteiger partial charge in [0.05, 0.1) is 0 Å². The second kappa shape index (κ2) is 7.32. The molecule has 0 saturated heterocycles. The highest BCUT2D eigenvalue weighted by atomic mass is 14.9. The molecule has 0 heterocycles. The molecule has 0 aliphatic carbocycles. The van der Waals surface area contributed by atoms with Crippen LogP contribution in [-0.4, -0.2) is 19.6 Å². The fraction of sp³-hybridized carbons (Fsp3) is 0.714. The second-order valence-electron chi connectivity index (χ2n) is 1.66. The zero-order chi connectivity index (χ0) is 6.95. The van der Waals surface area contributed by atoms with E-state index in [0.717, 1.165) is 19.6 Å². The van der Waals surface area contributed by atoms with Crippen LogP contribution < -0.4 is 10.6 Å². The van der Waals surface area contributed by atoms with E-state index in [9.17, 15) is 0 Å². The van der Waals surface area contributed by atoms with Crippen LogP contribution in [0.25, 0.3) is 0 Å². The maximum absolute atomic E-state index is 3.18. The van der Waals surface area contributed by atoms with E-state index in [-0.39, 0.29) is 0 Å². The van der Waals surface area contributed by atoms with Crippen LogP contribution in [0.3, 0.4) is 0 Å². The van der Waals surface area contributed by atoms with Gasteiger partial charge in [0, 0.05) is 19.1 Å². The molecule has 0 bridgehead atoms. The van der Waals surface area contributed by atoms with Gasteiger partial charge in [-0.05, 0) is 13.5 Å². The highest BCUT2D eigenvalue weighted by Crippen LogP contribution is 1.55. The van der Waals surface area contributed by atoms with Crippen molar-refractivity contribution in [3.05, 3.63) is 0 Å². The molecule has 9 heavy (non-hydrogen) atoms. The molecule has 0 spiro atoms.